The van der Waals surface area contributed by atoms with Crippen molar-refractivity contribution in [2.75, 3.05) is 6.61 Å². The molecule has 0 aromatic heterocycles. The normalized spacial score (nSPS) is 36.1. The van der Waals surface area contributed by atoms with Gasteiger partial charge in [0.25, 0.3) is 0 Å². The van der Waals surface area contributed by atoms with Gasteiger partial charge in [0.2, 0.25) is 0 Å². The lowest BCUT2D eigenvalue weighted by Crippen LogP contribution is -2.65. The molecule has 7 nitrogen and oxygen atoms in total. The molecule has 1 saturated carbocycles. The number of esters is 2. The van der Waals surface area contributed by atoms with Crippen LogP contribution >= 0.6 is 0 Å². The van der Waals surface area contributed by atoms with Crippen LogP contribution in [-0.4, -0.2) is 52.4 Å². The first kappa shape index (κ1) is 22.4. The first-order chi connectivity index (χ1) is 13.9. The van der Waals surface area contributed by atoms with Crippen LogP contribution < -0.4 is 0 Å². The first-order valence-corrected chi connectivity index (χ1v) is 10.3. The summed E-state index contributed by atoms with van der Waals surface area (Å²) in [6.07, 6.45) is 7.44. The number of aliphatic hydroxyl groups is 2. The van der Waals surface area contributed by atoms with Gasteiger partial charge in [-0.25, -0.2) is 9.59 Å². The SMILES string of the molecule is CC(O)C(=O)C=CC=CC(=O)OC1C=C2COC(=O)C2(O)C2(C)CCCC(C)(C)C12. The number of aliphatic hydroxyl groups excluding tert-OH is 1. The molecule has 0 bridgehead atoms. The summed E-state index contributed by atoms with van der Waals surface area (Å²) in [5, 5.41) is 20.6. The highest BCUT2D eigenvalue weighted by molar-refractivity contribution is 5.93. The summed E-state index contributed by atoms with van der Waals surface area (Å²) in [6, 6.07) is 0. The molecular weight excluding hydrogens is 388 g/mol. The molecule has 7 heteroatoms. The van der Waals surface area contributed by atoms with Crippen molar-refractivity contribution in [2.45, 2.75) is 64.8 Å². The average molecular weight is 418 g/mol. The van der Waals surface area contributed by atoms with Crippen LogP contribution in [0.25, 0.3) is 0 Å². The van der Waals surface area contributed by atoms with Gasteiger partial charge in [-0.15, -0.1) is 0 Å². The summed E-state index contributed by atoms with van der Waals surface area (Å²) >= 11 is 0. The highest BCUT2D eigenvalue weighted by Crippen LogP contribution is 2.63. The zero-order valence-electron chi connectivity index (χ0n) is 17.9. The second-order valence-electron chi connectivity index (χ2n) is 9.41. The van der Waals surface area contributed by atoms with Crippen LogP contribution in [0.4, 0.5) is 0 Å². The molecule has 0 aromatic carbocycles. The molecule has 5 unspecified atom stereocenters. The van der Waals surface area contributed by atoms with Gasteiger partial charge >= 0.3 is 11.9 Å². The van der Waals surface area contributed by atoms with Gasteiger partial charge in [0, 0.05) is 23.0 Å². The van der Waals surface area contributed by atoms with Crippen LogP contribution in [0.15, 0.2) is 36.0 Å². The van der Waals surface area contributed by atoms with Gasteiger partial charge < -0.3 is 19.7 Å². The maximum absolute atomic E-state index is 12.5. The molecule has 1 saturated heterocycles. The Bertz CT molecular complexity index is 834. The monoisotopic (exact) mass is 418 g/mol. The van der Waals surface area contributed by atoms with Gasteiger partial charge in [-0.05, 0) is 37.3 Å². The quantitative estimate of drug-likeness (QED) is 0.304. The fourth-order valence-electron chi connectivity index (χ4n) is 5.54. The molecular formula is C23H30O7. The molecule has 0 aromatic rings. The molecule has 164 valence electrons. The van der Waals surface area contributed by atoms with Crippen molar-refractivity contribution in [1.82, 2.24) is 0 Å². The van der Waals surface area contributed by atoms with Gasteiger partial charge in [-0.1, -0.05) is 39.3 Å². The first-order valence-electron chi connectivity index (χ1n) is 10.3. The highest BCUT2D eigenvalue weighted by Gasteiger charge is 2.69. The van der Waals surface area contributed by atoms with Gasteiger partial charge in [0.05, 0.1) is 0 Å². The number of fused-ring (bicyclic) bond motifs is 3. The van der Waals surface area contributed by atoms with E-state index in [1.807, 2.05) is 6.92 Å². The number of rotatable bonds is 5. The van der Waals surface area contributed by atoms with Crippen LogP contribution in [0.1, 0.15) is 47.0 Å². The van der Waals surface area contributed by atoms with Gasteiger partial charge in [-0.2, -0.15) is 0 Å². The van der Waals surface area contributed by atoms with Crippen molar-refractivity contribution in [3.8, 4) is 0 Å². The van der Waals surface area contributed by atoms with E-state index in [0.29, 0.717) is 12.0 Å². The minimum absolute atomic E-state index is 0.00778. The third kappa shape index (κ3) is 3.54. The molecule has 1 aliphatic heterocycles. The van der Waals surface area contributed by atoms with Crippen LogP contribution in [0.2, 0.25) is 0 Å². The summed E-state index contributed by atoms with van der Waals surface area (Å²) in [7, 11) is 0. The van der Waals surface area contributed by atoms with E-state index in [2.05, 4.69) is 13.8 Å². The zero-order chi connectivity index (χ0) is 22.3. The summed E-state index contributed by atoms with van der Waals surface area (Å²) in [5.74, 6) is -1.96. The predicted molar refractivity (Wildman–Crippen MR) is 108 cm³/mol. The third-order valence-corrected chi connectivity index (χ3v) is 6.95. The van der Waals surface area contributed by atoms with Gasteiger partial charge in [0.1, 0.15) is 18.8 Å². The minimum atomic E-state index is -1.70. The predicted octanol–water partition coefficient (Wildman–Crippen LogP) is 2.02. The minimum Gasteiger partial charge on any atom is -0.459 e. The fourth-order valence-corrected chi connectivity index (χ4v) is 5.54. The van der Waals surface area contributed by atoms with Crippen molar-refractivity contribution in [1.29, 1.82) is 0 Å². The van der Waals surface area contributed by atoms with Crippen LogP contribution in [0, 0.1) is 16.7 Å². The molecule has 5 atom stereocenters. The second kappa shape index (κ2) is 7.78. The topological polar surface area (TPSA) is 110 Å². The smallest absolute Gasteiger partial charge is 0.343 e. The molecule has 2 aliphatic carbocycles. The van der Waals surface area contributed by atoms with E-state index in [9.17, 15) is 19.5 Å². The molecule has 0 amide bonds. The summed E-state index contributed by atoms with van der Waals surface area (Å²) < 4.78 is 10.9. The average Bonchev–Trinajstić information content (AvgIpc) is 2.94. The van der Waals surface area contributed by atoms with E-state index in [1.54, 1.807) is 6.08 Å². The molecule has 1 heterocycles. The lowest BCUT2D eigenvalue weighted by Gasteiger charge is -2.59. The summed E-state index contributed by atoms with van der Waals surface area (Å²) in [5.41, 5.74) is -2.33. The van der Waals surface area contributed by atoms with E-state index in [0.717, 1.165) is 12.8 Å². The number of hydrogen-bond acceptors (Lipinski definition) is 7. The third-order valence-electron chi connectivity index (χ3n) is 6.95. The lowest BCUT2D eigenvalue weighted by atomic mass is 9.46. The molecule has 2 N–H and O–H groups in total. The Morgan fingerprint density at radius 1 is 1.23 bits per heavy atom. The number of ether oxygens (including phenoxy) is 2. The van der Waals surface area contributed by atoms with E-state index in [-0.39, 0.29) is 17.9 Å². The van der Waals surface area contributed by atoms with Crippen molar-refractivity contribution in [3.63, 3.8) is 0 Å². The Kier molecular flexibility index (Phi) is 5.82. The van der Waals surface area contributed by atoms with Crippen molar-refractivity contribution < 1.29 is 34.1 Å². The zero-order valence-corrected chi connectivity index (χ0v) is 17.9. The molecule has 30 heavy (non-hydrogen) atoms. The number of ketones is 1. The van der Waals surface area contributed by atoms with Gasteiger partial charge in [-0.3, -0.25) is 4.79 Å². The van der Waals surface area contributed by atoms with Crippen molar-refractivity contribution in [3.05, 3.63) is 36.0 Å². The van der Waals surface area contributed by atoms with Crippen LogP contribution in [0.3, 0.4) is 0 Å². The Morgan fingerprint density at radius 2 is 1.90 bits per heavy atom. The van der Waals surface area contributed by atoms with Crippen LogP contribution in [-0.2, 0) is 23.9 Å². The molecule has 3 aliphatic rings. The Labute approximate surface area is 176 Å². The maximum atomic E-state index is 12.5. The number of carbonyl (C=O) groups is 3. The Balaban J connectivity index is 1.87. The summed E-state index contributed by atoms with van der Waals surface area (Å²) in [4.78, 5) is 36.3. The highest BCUT2D eigenvalue weighted by atomic mass is 16.6. The molecule has 0 radical (unpaired) electrons. The van der Waals surface area contributed by atoms with Crippen molar-refractivity contribution in [2.24, 2.45) is 16.7 Å². The van der Waals surface area contributed by atoms with Crippen LogP contribution in [0.5, 0.6) is 0 Å². The Hall–Kier alpha value is -2.25. The molecule has 0 spiro atoms. The Morgan fingerprint density at radius 3 is 2.57 bits per heavy atom. The summed E-state index contributed by atoms with van der Waals surface area (Å²) in [6.45, 7) is 7.38. The van der Waals surface area contributed by atoms with Crippen molar-refractivity contribution >= 4 is 17.7 Å². The number of carbonyl (C=O) groups excluding carboxylic acids is 3. The number of allylic oxidation sites excluding steroid dienone is 2. The second-order valence-corrected chi connectivity index (χ2v) is 9.41. The van der Waals surface area contributed by atoms with Gasteiger partial charge in [0.15, 0.2) is 11.4 Å². The largest absolute Gasteiger partial charge is 0.459 e. The standard InChI is InChI=1S/C23H30O7/c1-14(24)16(25)8-5-6-9-18(26)30-17-12-15-13-29-20(27)23(15,28)22(4)11-7-10-21(2,3)19(17)22/h5-6,8-9,12,14,17,19,24,28H,7,10-11,13H2,1-4H3. The lowest BCUT2D eigenvalue weighted by molar-refractivity contribution is -0.194. The number of cyclic esters (lactones) is 1. The van der Waals surface area contributed by atoms with E-state index < -0.39 is 40.9 Å². The van der Waals surface area contributed by atoms with E-state index >= 15 is 0 Å². The molecule has 2 fully saturated rings. The molecule has 3 rings (SSSR count). The number of hydrogen-bond donors (Lipinski definition) is 2. The maximum Gasteiger partial charge on any atom is 0.343 e. The van der Waals surface area contributed by atoms with E-state index in [4.69, 9.17) is 14.6 Å². The van der Waals surface area contributed by atoms with E-state index in [1.165, 1.54) is 31.2 Å². The fraction of sp³-hybridized carbons (Fsp3) is 0.609.